The van der Waals surface area contributed by atoms with Crippen LogP contribution in [0.1, 0.15) is 37.7 Å². The normalized spacial score (nSPS) is 25.6. The van der Waals surface area contributed by atoms with Gasteiger partial charge in [0, 0.05) is 18.4 Å². The van der Waals surface area contributed by atoms with Gasteiger partial charge in [0.25, 0.3) is 0 Å². The molecular weight excluding hydrogens is 218 g/mol. The maximum atomic E-state index is 12.0. The first-order valence-corrected chi connectivity index (χ1v) is 6.99. The summed E-state index contributed by atoms with van der Waals surface area (Å²) in [6.45, 7) is 0. The molecule has 0 unspecified atom stereocenters. The Kier molecular flexibility index (Phi) is 4.13. The SMILES string of the molecule is NC1CCC(C(=O)CCc2ccsc2)CC1. The monoisotopic (exact) mass is 237 g/mol. The number of ketones is 1. The lowest BCUT2D eigenvalue weighted by atomic mass is 9.82. The zero-order valence-corrected chi connectivity index (χ0v) is 10.3. The van der Waals surface area contributed by atoms with Gasteiger partial charge in [-0.3, -0.25) is 4.79 Å². The fraction of sp³-hybridized carbons (Fsp3) is 0.615. The minimum Gasteiger partial charge on any atom is -0.328 e. The molecule has 2 rings (SSSR count). The first kappa shape index (κ1) is 11.8. The molecule has 2 N–H and O–H groups in total. The lowest BCUT2D eigenvalue weighted by Gasteiger charge is -2.24. The van der Waals surface area contributed by atoms with E-state index in [0.717, 1.165) is 32.1 Å². The third-order valence-electron chi connectivity index (χ3n) is 3.47. The second kappa shape index (κ2) is 5.60. The molecule has 1 saturated carbocycles. The Bertz CT molecular complexity index is 326. The van der Waals surface area contributed by atoms with Crippen LogP contribution in [-0.2, 0) is 11.2 Å². The molecule has 1 aromatic rings. The number of rotatable bonds is 4. The topological polar surface area (TPSA) is 43.1 Å². The summed E-state index contributed by atoms with van der Waals surface area (Å²) in [4.78, 5) is 12.0. The fourth-order valence-corrected chi connectivity index (χ4v) is 3.05. The van der Waals surface area contributed by atoms with Crippen molar-refractivity contribution in [2.75, 3.05) is 0 Å². The van der Waals surface area contributed by atoms with Crippen molar-refractivity contribution in [2.24, 2.45) is 11.7 Å². The Morgan fingerprint density at radius 3 is 2.75 bits per heavy atom. The maximum absolute atomic E-state index is 12.0. The van der Waals surface area contributed by atoms with Crippen LogP contribution in [0.3, 0.4) is 0 Å². The van der Waals surface area contributed by atoms with Crippen molar-refractivity contribution in [2.45, 2.75) is 44.6 Å². The quantitative estimate of drug-likeness (QED) is 0.875. The molecule has 0 atom stereocenters. The molecule has 1 heterocycles. The first-order valence-electron chi connectivity index (χ1n) is 6.05. The smallest absolute Gasteiger partial charge is 0.136 e. The second-order valence-corrected chi connectivity index (χ2v) is 5.49. The molecule has 0 radical (unpaired) electrons. The molecular formula is C13H19NOS. The first-order chi connectivity index (χ1) is 7.75. The minimum absolute atomic E-state index is 0.290. The van der Waals surface area contributed by atoms with Crippen LogP contribution < -0.4 is 5.73 Å². The van der Waals surface area contributed by atoms with Crippen LogP contribution in [0.5, 0.6) is 0 Å². The summed E-state index contributed by atoms with van der Waals surface area (Å²) in [5, 5.41) is 4.20. The molecule has 0 aromatic carbocycles. The van der Waals surface area contributed by atoms with Crippen molar-refractivity contribution in [1.29, 1.82) is 0 Å². The number of nitrogens with two attached hydrogens (primary N) is 1. The summed E-state index contributed by atoms with van der Waals surface area (Å²) < 4.78 is 0. The number of aryl methyl sites for hydroxylation is 1. The van der Waals surface area contributed by atoms with Gasteiger partial charge in [-0.25, -0.2) is 0 Å². The van der Waals surface area contributed by atoms with Gasteiger partial charge in [-0.05, 0) is 54.5 Å². The van der Waals surface area contributed by atoms with Crippen LogP contribution in [0, 0.1) is 5.92 Å². The number of thiophene rings is 1. The summed E-state index contributed by atoms with van der Waals surface area (Å²) in [5.41, 5.74) is 7.14. The largest absolute Gasteiger partial charge is 0.328 e. The molecule has 0 bridgehead atoms. The molecule has 0 spiro atoms. The van der Waals surface area contributed by atoms with Crippen molar-refractivity contribution < 1.29 is 4.79 Å². The van der Waals surface area contributed by atoms with Crippen LogP contribution in [-0.4, -0.2) is 11.8 Å². The third kappa shape index (κ3) is 3.16. The van der Waals surface area contributed by atoms with Gasteiger partial charge in [0.15, 0.2) is 0 Å². The van der Waals surface area contributed by atoms with Crippen molar-refractivity contribution in [1.82, 2.24) is 0 Å². The van der Waals surface area contributed by atoms with Crippen LogP contribution in [0.25, 0.3) is 0 Å². The molecule has 1 aromatic heterocycles. The maximum Gasteiger partial charge on any atom is 0.136 e. The van der Waals surface area contributed by atoms with Gasteiger partial charge >= 0.3 is 0 Å². The minimum atomic E-state index is 0.290. The molecule has 88 valence electrons. The molecule has 1 aliphatic rings. The molecule has 0 saturated heterocycles. The van der Waals surface area contributed by atoms with Crippen LogP contribution in [0.4, 0.5) is 0 Å². The van der Waals surface area contributed by atoms with Gasteiger partial charge in [0.2, 0.25) is 0 Å². The summed E-state index contributed by atoms with van der Waals surface area (Å²) >= 11 is 1.70. The number of hydrogen-bond donors (Lipinski definition) is 1. The van der Waals surface area contributed by atoms with E-state index in [0.29, 0.717) is 24.2 Å². The molecule has 3 heteroatoms. The van der Waals surface area contributed by atoms with Crippen LogP contribution in [0.15, 0.2) is 16.8 Å². The highest BCUT2D eigenvalue weighted by molar-refractivity contribution is 7.07. The van der Waals surface area contributed by atoms with Gasteiger partial charge in [-0.15, -0.1) is 0 Å². The predicted octanol–water partition coefficient (Wildman–Crippen LogP) is 2.77. The number of carbonyl (C=O) groups is 1. The van der Waals surface area contributed by atoms with E-state index in [2.05, 4.69) is 16.8 Å². The Labute approximate surface area is 101 Å². The standard InChI is InChI=1S/C13H19NOS/c14-12-4-2-11(3-5-12)13(15)6-1-10-7-8-16-9-10/h7-9,11-12H,1-6,14H2. The summed E-state index contributed by atoms with van der Waals surface area (Å²) in [6, 6.07) is 2.44. The number of hydrogen-bond acceptors (Lipinski definition) is 3. The molecule has 0 amide bonds. The highest BCUT2D eigenvalue weighted by atomic mass is 32.1. The highest BCUT2D eigenvalue weighted by Gasteiger charge is 2.23. The van der Waals surface area contributed by atoms with Gasteiger partial charge in [-0.1, -0.05) is 0 Å². The molecule has 1 fully saturated rings. The van der Waals surface area contributed by atoms with Crippen molar-refractivity contribution in [3.8, 4) is 0 Å². The van der Waals surface area contributed by atoms with E-state index in [1.165, 1.54) is 5.56 Å². The zero-order valence-electron chi connectivity index (χ0n) is 9.52. The average molecular weight is 237 g/mol. The number of Topliss-reactive ketones (excluding diaryl/α,β-unsaturated/α-hetero) is 1. The Morgan fingerprint density at radius 2 is 2.12 bits per heavy atom. The van der Waals surface area contributed by atoms with Gasteiger partial charge in [0.05, 0.1) is 0 Å². The Balaban J connectivity index is 1.75. The fourth-order valence-electron chi connectivity index (χ4n) is 2.35. The van der Waals surface area contributed by atoms with E-state index in [4.69, 9.17) is 5.73 Å². The summed E-state index contributed by atoms with van der Waals surface area (Å²) in [5.74, 6) is 0.733. The summed E-state index contributed by atoms with van der Waals surface area (Å²) in [7, 11) is 0. The molecule has 1 aliphatic carbocycles. The number of carbonyl (C=O) groups excluding carboxylic acids is 1. The van der Waals surface area contributed by atoms with E-state index in [1.807, 2.05) is 0 Å². The Morgan fingerprint density at radius 1 is 1.38 bits per heavy atom. The lowest BCUT2D eigenvalue weighted by molar-refractivity contribution is -0.123. The van der Waals surface area contributed by atoms with Crippen LogP contribution in [0.2, 0.25) is 0 Å². The second-order valence-electron chi connectivity index (χ2n) is 4.71. The summed E-state index contributed by atoms with van der Waals surface area (Å²) in [6.07, 6.45) is 5.67. The lowest BCUT2D eigenvalue weighted by Crippen LogP contribution is -2.29. The van der Waals surface area contributed by atoms with Gasteiger partial charge in [-0.2, -0.15) is 11.3 Å². The predicted molar refractivity (Wildman–Crippen MR) is 67.6 cm³/mol. The molecule has 0 aliphatic heterocycles. The highest BCUT2D eigenvalue weighted by Crippen LogP contribution is 2.25. The van der Waals surface area contributed by atoms with Gasteiger partial charge < -0.3 is 5.73 Å². The van der Waals surface area contributed by atoms with Crippen molar-refractivity contribution in [3.63, 3.8) is 0 Å². The third-order valence-corrected chi connectivity index (χ3v) is 4.20. The van der Waals surface area contributed by atoms with E-state index in [-0.39, 0.29) is 0 Å². The van der Waals surface area contributed by atoms with Crippen molar-refractivity contribution in [3.05, 3.63) is 22.4 Å². The van der Waals surface area contributed by atoms with E-state index in [1.54, 1.807) is 11.3 Å². The van der Waals surface area contributed by atoms with E-state index < -0.39 is 0 Å². The van der Waals surface area contributed by atoms with E-state index in [9.17, 15) is 4.79 Å². The zero-order chi connectivity index (χ0) is 11.4. The van der Waals surface area contributed by atoms with Gasteiger partial charge in [0.1, 0.15) is 5.78 Å². The van der Waals surface area contributed by atoms with E-state index >= 15 is 0 Å². The molecule has 16 heavy (non-hydrogen) atoms. The van der Waals surface area contributed by atoms with Crippen LogP contribution >= 0.6 is 11.3 Å². The Hall–Kier alpha value is -0.670. The molecule has 2 nitrogen and oxygen atoms in total. The average Bonchev–Trinajstić information content (AvgIpc) is 2.80. The van der Waals surface area contributed by atoms with Crippen molar-refractivity contribution >= 4 is 17.1 Å².